The summed E-state index contributed by atoms with van der Waals surface area (Å²) in [4.78, 5) is 10.8. The van der Waals surface area contributed by atoms with Gasteiger partial charge in [-0.1, -0.05) is 45.4 Å². The molecular formula is C12H23O. The summed E-state index contributed by atoms with van der Waals surface area (Å²) in [7, 11) is 0. The highest BCUT2D eigenvalue weighted by molar-refractivity contribution is 5.78. The molecule has 0 aromatic rings. The topological polar surface area (TPSA) is 17.1 Å². The molecule has 13 heavy (non-hydrogen) atoms. The highest BCUT2D eigenvalue weighted by Crippen LogP contribution is 2.12. The molecule has 0 aromatic carbocycles. The molecule has 1 nitrogen and oxygen atoms in total. The van der Waals surface area contributed by atoms with E-state index in [9.17, 15) is 4.79 Å². The summed E-state index contributed by atoms with van der Waals surface area (Å²) in [6, 6.07) is 0. The minimum atomic E-state index is 0.0335. The van der Waals surface area contributed by atoms with Gasteiger partial charge in [0.05, 0.1) is 0 Å². The molecule has 1 heteroatoms. The number of rotatable bonds is 8. The van der Waals surface area contributed by atoms with Gasteiger partial charge >= 0.3 is 0 Å². The van der Waals surface area contributed by atoms with E-state index in [0.29, 0.717) is 0 Å². The van der Waals surface area contributed by atoms with Crippen LogP contribution in [0.5, 0.6) is 0 Å². The molecule has 0 saturated carbocycles. The third-order valence-corrected chi connectivity index (χ3v) is 2.48. The predicted molar refractivity (Wildman–Crippen MR) is 57.5 cm³/mol. The standard InChI is InChI=1S/C12H23O/c1-4-5-6-7-8-9-10-11(2)12(3)13/h11H,2,4-10H2,1,3H3. The monoisotopic (exact) mass is 183 g/mol. The Morgan fingerprint density at radius 2 is 1.69 bits per heavy atom. The quantitative estimate of drug-likeness (QED) is 0.523. The molecule has 0 bridgehead atoms. The van der Waals surface area contributed by atoms with Gasteiger partial charge in [-0.2, -0.15) is 0 Å². The normalized spacial score (nSPS) is 12.8. The summed E-state index contributed by atoms with van der Waals surface area (Å²) in [6.07, 6.45) is 8.71. The number of Topliss-reactive ketones (excluding diaryl/α,β-unsaturated/α-hetero) is 1. The summed E-state index contributed by atoms with van der Waals surface area (Å²) < 4.78 is 0. The zero-order chi connectivity index (χ0) is 10.1. The molecule has 0 heterocycles. The Hall–Kier alpha value is -0.330. The van der Waals surface area contributed by atoms with Gasteiger partial charge in [-0.05, 0) is 20.3 Å². The smallest absolute Gasteiger partial charge is 0.132 e. The van der Waals surface area contributed by atoms with E-state index in [1.807, 2.05) is 0 Å². The second-order valence-electron chi connectivity index (χ2n) is 3.86. The van der Waals surface area contributed by atoms with Crippen molar-refractivity contribution in [3.63, 3.8) is 0 Å². The Kier molecular flexibility index (Phi) is 8.07. The van der Waals surface area contributed by atoms with E-state index >= 15 is 0 Å². The van der Waals surface area contributed by atoms with E-state index in [4.69, 9.17) is 0 Å². The molecule has 0 fully saturated rings. The fraction of sp³-hybridized carbons (Fsp3) is 0.833. The van der Waals surface area contributed by atoms with Gasteiger partial charge in [0.2, 0.25) is 0 Å². The van der Waals surface area contributed by atoms with E-state index in [-0.39, 0.29) is 11.7 Å². The number of carbonyl (C=O) groups excluding carboxylic acids is 1. The van der Waals surface area contributed by atoms with Gasteiger partial charge in [-0.3, -0.25) is 4.79 Å². The van der Waals surface area contributed by atoms with E-state index in [1.54, 1.807) is 6.92 Å². The van der Waals surface area contributed by atoms with Gasteiger partial charge in [0, 0.05) is 5.92 Å². The minimum Gasteiger partial charge on any atom is -0.300 e. The van der Waals surface area contributed by atoms with Gasteiger partial charge in [0.1, 0.15) is 5.78 Å². The van der Waals surface area contributed by atoms with Crippen LogP contribution in [0.3, 0.4) is 0 Å². The largest absolute Gasteiger partial charge is 0.300 e. The van der Waals surface area contributed by atoms with Crippen LogP contribution in [-0.2, 0) is 4.79 Å². The van der Waals surface area contributed by atoms with E-state index < -0.39 is 0 Å². The van der Waals surface area contributed by atoms with Crippen molar-refractivity contribution in [1.29, 1.82) is 0 Å². The van der Waals surface area contributed by atoms with Crippen molar-refractivity contribution in [3.05, 3.63) is 6.92 Å². The summed E-state index contributed by atoms with van der Waals surface area (Å²) in [5.41, 5.74) is 0. The third-order valence-electron chi connectivity index (χ3n) is 2.48. The van der Waals surface area contributed by atoms with Gasteiger partial charge in [0.15, 0.2) is 0 Å². The number of unbranched alkanes of at least 4 members (excludes halogenated alkanes) is 5. The summed E-state index contributed by atoms with van der Waals surface area (Å²) in [5.74, 6) is 0.264. The molecule has 1 unspecified atom stereocenters. The highest BCUT2D eigenvalue weighted by Gasteiger charge is 2.05. The maximum Gasteiger partial charge on any atom is 0.132 e. The Balaban J connectivity index is 3.11. The molecule has 0 aliphatic heterocycles. The number of ketones is 1. The van der Waals surface area contributed by atoms with Gasteiger partial charge < -0.3 is 0 Å². The molecule has 0 saturated heterocycles. The van der Waals surface area contributed by atoms with Crippen LogP contribution in [0.15, 0.2) is 0 Å². The lowest BCUT2D eigenvalue weighted by Crippen LogP contribution is -2.05. The Morgan fingerprint density at radius 3 is 2.23 bits per heavy atom. The van der Waals surface area contributed by atoms with Crippen molar-refractivity contribution in [2.45, 2.75) is 58.8 Å². The first-order valence-electron chi connectivity index (χ1n) is 5.52. The fourth-order valence-electron chi connectivity index (χ4n) is 1.37. The van der Waals surface area contributed by atoms with Gasteiger partial charge in [-0.25, -0.2) is 0 Å². The average Bonchev–Trinajstić information content (AvgIpc) is 2.10. The van der Waals surface area contributed by atoms with Crippen LogP contribution >= 0.6 is 0 Å². The Morgan fingerprint density at radius 1 is 1.15 bits per heavy atom. The first kappa shape index (κ1) is 12.7. The maximum absolute atomic E-state index is 10.8. The lowest BCUT2D eigenvalue weighted by atomic mass is 9.99. The molecule has 1 radical (unpaired) electrons. The van der Waals surface area contributed by atoms with Crippen LogP contribution < -0.4 is 0 Å². The zero-order valence-corrected chi connectivity index (χ0v) is 9.14. The van der Waals surface area contributed by atoms with Crippen LogP contribution in [0.1, 0.15) is 58.8 Å². The van der Waals surface area contributed by atoms with Crippen molar-refractivity contribution in [2.75, 3.05) is 0 Å². The van der Waals surface area contributed by atoms with Crippen molar-refractivity contribution in [3.8, 4) is 0 Å². The van der Waals surface area contributed by atoms with Gasteiger partial charge in [-0.15, -0.1) is 0 Å². The van der Waals surface area contributed by atoms with E-state index in [1.165, 1.54) is 32.1 Å². The zero-order valence-electron chi connectivity index (χ0n) is 9.14. The summed E-state index contributed by atoms with van der Waals surface area (Å²) in [5, 5.41) is 0. The molecule has 0 rings (SSSR count). The molecule has 0 N–H and O–H groups in total. The molecule has 0 aliphatic rings. The average molecular weight is 183 g/mol. The molecule has 1 atom stereocenters. The lowest BCUT2D eigenvalue weighted by Gasteiger charge is -2.06. The number of hydrogen-bond donors (Lipinski definition) is 0. The Bertz CT molecular complexity index is 129. The third kappa shape index (κ3) is 8.01. The second kappa shape index (κ2) is 8.28. The fourth-order valence-corrected chi connectivity index (χ4v) is 1.37. The SMILES string of the molecule is [CH2]C(CCCCCCCC)C(C)=O. The van der Waals surface area contributed by atoms with Crippen LogP contribution in [-0.4, -0.2) is 5.78 Å². The van der Waals surface area contributed by atoms with Crippen molar-refractivity contribution in [1.82, 2.24) is 0 Å². The van der Waals surface area contributed by atoms with Crippen molar-refractivity contribution in [2.24, 2.45) is 5.92 Å². The first-order valence-corrected chi connectivity index (χ1v) is 5.52. The molecular weight excluding hydrogens is 160 g/mol. The second-order valence-corrected chi connectivity index (χ2v) is 3.86. The molecule has 0 aromatic heterocycles. The lowest BCUT2D eigenvalue weighted by molar-refractivity contribution is -0.119. The summed E-state index contributed by atoms with van der Waals surface area (Å²) in [6.45, 7) is 7.68. The summed E-state index contributed by atoms with van der Waals surface area (Å²) >= 11 is 0. The maximum atomic E-state index is 10.8. The Labute approximate surface area is 82.9 Å². The number of carbonyl (C=O) groups is 1. The van der Waals surface area contributed by atoms with Gasteiger partial charge in [0.25, 0.3) is 0 Å². The van der Waals surface area contributed by atoms with Crippen LogP contribution in [0.4, 0.5) is 0 Å². The van der Waals surface area contributed by atoms with Crippen LogP contribution in [0.2, 0.25) is 0 Å². The highest BCUT2D eigenvalue weighted by atomic mass is 16.1. The van der Waals surface area contributed by atoms with Crippen molar-refractivity contribution >= 4 is 5.78 Å². The predicted octanol–water partition coefficient (Wildman–Crippen LogP) is 3.78. The van der Waals surface area contributed by atoms with Crippen molar-refractivity contribution < 1.29 is 4.79 Å². The van der Waals surface area contributed by atoms with E-state index in [0.717, 1.165) is 12.8 Å². The number of hydrogen-bond acceptors (Lipinski definition) is 1. The van der Waals surface area contributed by atoms with E-state index in [2.05, 4.69) is 13.8 Å². The molecule has 77 valence electrons. The minimum absolute atomic E-state index is 0.0335. The first-order chi connectivity index (χ1) is 6.18. The molecule has 0 aliphatic carbocycles. The molecule has 0 spiro atoms. The van der Waals surface area contributed by atoms with Crippen LogP contribution in [0.25, 0.3) is 0 Å². The van der Waals surface area contributed by atoms with Crippen LogP contribution in [0, 0.1) is 12.8 Å². The molecule has 0 amide bonds.